The summed E-state index contributed by atoms with van der Waals surface area (Å²) < 4.78 is 36.8. The van der Waals surface area contributed by atoms with Gasteiger partial charge in [-0.05, 0) is 19.1 Å². The van der Waals surface area contributed by atoms with Gasteiger partial charge in [-0.25, -0.2) is 0 Å². The van der Waals surface area contributed by atoms with Crippen LogP contribution in [0.2, 0.25) is 0 Å². The predicted octanol–water partition coefficient (Wildman–Crippen LogP) is 4.69. The molecule has 0 saturated carbocycles. The van der Waals surface area contributed by atoms with Crippen LogP contribution in [0.15, 0.2) is 18.2 Å². The second kappa shape index (κ2) is 6.95. The molecule has 17 heavy (non-hydrogen) atoms. The molecular weight excluding hydrogens is 227 g/mol. The number of hydrogen-bond acceptors (Lipinski definition) is 1. The Bertz CT molecular complexity index is 387. The molecule has 0 aliphatic carbocycles. The third kappa shape index (κ3) is 5.39. The van der Waals surface area contributed by atoms with Gasteiger partial charge < -0.3 is 0 Å². The van der Waals surface area contributed by atoms with Gasteiger partial charge in [0.05, 0.1) is 17.2 Å². The molecule has 1 aromatic carbocycles. The highest BCUT2D eigenvalue weighted by Gasteiger charge is 2.33. The van der Waals surface area contributed by atoms with Gasteiger partial charge in [-0.3, -0.25) is 0 Å². The fourth-order valence-electron chi connectivity index (χ4n) is 0.990. The summed E-state index contributed by atoms with van der Waals surface area (Å²) in [6, 6.07) is 5.14. The molecule has 0 bridgehead atoms. The maximum atomic E-state index is 12.3. The minimum Gasteiger partial charge on any atom is -0.192 e. The van der Waals surface area contributed by atoms with E-state index in [9.17, 15) is 13.2 Å². The van der Waals surface area contributed by atoms with Crippen molar-refractivity contribution < 1.29 is 13.2 Å². The molecule has 0 spiro atoms. The molecular formula is C13H16F3N. The molecule has 0 aliphatic heterocycles. The molecule has 1 rings (SSSR count). The lowest BCUT2D eigenvalue weighted by Gasteiger charge is -2.08. The number of rotatable bonds is 1. The Morgan fingerprint density at radius 2 is 1.71 bits per heavy atom. The van der Waals surface area contributed by atoms with E-state index in [1.165, 1.54) is 31.0 Å². The van der Waals surface area contributed by atoms with Crippen molar-refractivity contribution in [2.24, 2.45) is 0 Å². The lowest BCUT2D eigenvalue weighted by atomic mass is 10.1. The van der Waals surface area contributed by atoms with Crippen molar-refractivity contribution in [1.82, 2.24) is 0 Å². The SMILES string of the molecule is CCCC.Cc1ccc(C#N)c(C(F)(F)F)c1. The smallest absolute Gasteiger partial charge is 0.192 e. The first-order valence-electron chi connectivity index (χ1n) is 5.44. The Balaban J connectivity index is 0.000000557. The Labute approximate surface area is 99.9 Å². The molecule has 0 N–H and O–H groups in total. The normalized spacial score (nSPS) is 10.2. The maximum absolute atomic E-state index is 12.3. The molecule has 0 aliphatic rings. The Morgan fingerprint density at radius 1 is 1.18 bits per heavy atom. The molecule has 4 heteroatoms. The van der Waals surface area contributed by atoms with E-state index in [2.05, 4.69) is 13.8 Å². The van der Waals surface area contributed by atoms with Gasteiger partial charge in [0, 0.05) is 0 Å². The maximum Gasteiger partial charge on any atom is 0.417 e. The number of unbranched alkanes of at least 4 members (excludes halogenated alkanes) is 1. The molecule has 1 aromatic rings. The molecule has 1 nitrogen and oxygen atoms in total. The molecule has 0 atom stereocenters. The topological polar surface area (TPSA) is 23.8 Å². The van der Waals surface area contributed by atoms with Crippen molar-refractivity contribution in [3.63, 3.8) is 0 Å². The van der Waals surface area contributed by atoms with Crippen LogP contribution in [-0.2, 0) is 6.18 Å². The zero-order chi connectivity index (χ0) is 13.5. The van der Waals surface area contributed by atoms with Crippen LogP contribution in [0.25, 0.3) is 0 Å². The fraction of sp³-hybridized carbons (Fsp3) is 0.462. The first-order chi connectivity index (χ1) is 7.86. The van der Waals surface area contributed by atoms with Gasteiger partial charge in [-0.15, -0.1) is 0 Å². The van der Waals surface area contributed by atoms with Crippen molar-refractivity contribution in [3.05, 3.63) is 34.9 Å². The van der Waals surface area contributed by atoms with Crippen LogP contribution < -0.4 is 0 Å². The van der Waals surface area contributed by atoms with E-state index < -0.39 is 11.7 Å². The van der Waals surface area contributed by atoms with Crippen LogP contribution in [0.3, 0.4) is 0 Å². The average molecular weight is 243 g/mol. The summed E-state index contributed by atoms with van der Waals surface area (Å²) >= 11 is 0. The molecule has 0 radical (unpaired) electrons. The summed E-state index contributed by atoms with van der Waals surface area (Å²) in [7, 11) is 0. The minimum absolute atomic E-state index is 0.335. The van der Waals surface area contributed by atoms with Gasteiger partial charge in [-0.2, -0.15) is 18.4 Å². The van der Waals surface area contributed by atoms with Crippen molar-refractivity contribution in [2.75, 3.05) is 0 Å². The third-order valence-electron chi connectivity index (χ3n) is 2.10. The zero-order valence-electron chi connectivity index (χ0n) is 10.2. The number of aryl methyl sites for hydroxylation is 1. The zero-order valence-corrected chi connectivity index (χ0v) is 10.2. The summed E-state index contributed by atoms with van der Waals surface area (Å²) in [6.45, 7) is 5.91. The van der Waals surface area contributed by atoms with Crippen molar-refractivity contribution >= 4 is 0 Å². The number of nitrogens with zero attached hydrogens (tertiary/aromatic N) is 1. The van der Waals surface area contributed by atoms with Crippen LogP contribution in [0.5, 0.6) is 0 Å². The van der Waals surface area contributed by atoms with Crippen LogP contribution in [0.1, 0.15) is 43.4 Å². The van der Waals surface area contributed by atoms with Gasteiger partial charge in [0.15, 0.2) is 0 Å². The summed E-state index contributed by atoms with van der Waals surface area (Å²) in [5.41, 5.74) is -0.709. The first-order valence-corrected chi connectivity index (χ1v) is 5.44. The predicted molar refractivity (Wildman–Crippen MR) is 61.5 cm³/mol. The number of halogens is 3. The monoisotopic (exact) mass is 243 g/mol. The number of hydrogen-bond donors (Lipinski definition) is 0. The summed E-state index contributed by atoms with van der Waals surface area (Å²) in [6.07, 6.45) is -1.81. The largest absolute Gasteiger partial charge is 0.417 e. The van der Waals surface area contributed by atoms with Crippen molar-refractivity contribution in [1.29, 1.82) is 5.26 Å². The molecule has 0 saturated heterocycles. The Hall–Kier alpha value is -1.50. The van der Waals surface area contributed by atoms with E-state index in [0.717, 1.165) is 6.07 Å². The van der Waals surface area contributed by atoms with Gasteiger partial charge in [-0.1, -0.05) is 38.3 Å². The van der Waals surface area contributed by atoms with Crippen molar-refractivity contribution in [2.45, 2.75) is 39.8 Å². The second-order valence-corrected chi connectivity index (χ2v) is 3.66. The quantitative estimate of drug-likeness (QED) is 0.701. The van der Waals surface area contributed by atoms with Crippen LogP contribution >= 0.6 is 0 Å². The summed E-state index contributed by atoms with van der Waals surface area (Å²) in [5, 5.41) is 8.42. The average Bonchev–Trinajstić information content (AvgIpc) is 2.28. The lowest BCUT2D eigenvalue weighted by Crippen LogP contribution is -2.07. The lowest BCUT2D eigenvalue weighted by molar-refractivity contribution is -0.137. The third-order valence-corrected chi connectivity index (χ3v) is 2.10. The standard InChI is InChI=1S/C9H6F3N.C4H10/c1-6-2-3-7(5-13)8(4-6)9(10,11)12;1-3-4-2/h2-4H,1H3;3-4H2,1-2H3. The Morgan fingerprint density at radius 3 is 2.06 bits per heavy atom. The highest BCUT2D eigenvalue weighted by Crippen LogP contribution is 2.32. The van der Waals surface area contributed by atoms with Gasteiger partial charge in [0.1, 0.15) is 0 Å². The second-order valence-electron chi connectivity index (χ2n) is 3.66. The van der Waals surface area contributed by atoms with Crippen LogP contribution in [0.4, 0.5) is 13.2 Å². The molecule has 0 aromatic heterocycles. The van der Waals surface area contributed by atoms with Crippen LogP contribution in [-0.4, -0.2) is 0 Å². The van der Waals surface area contributed by atoms with Gasteiger partial charge in [0.25, 0.3) is 0 Å². The van der Waals surface area contributed by atoms with Gasteiger partial charge >= 0.3 is 6.18 Å². The van der Waals surface area contributed by atoms with E-state index in [1.54, 1.807) is 6.92 Å². The molecule has 0 fully saturated rings. The van der Waals surface area contributed by atoms with E-state index in [1.807, 2.05) is 0 Å². The molecule has 0 amide bonds. The van der Waals surface area contributed by atoms with E-state index in [0.29, 0.717) is 5.56 Å². The first kappa shape index (κ1) is 15.5. The van der Waals surface area contributed by atoms with Crippen LogP contribution in [0, 0.1) is 18.3 Å². The van der Waals surface area contributed by atoms with E-state index >= 15 is 0 Å². The Kier molecular flexibility index (Phi) is 6.34. The van der Waals surface area contributed by atoms with E-state index in [4.69, 9.17) is 5.26 Å². The van der Waals surface area contributed by atoms with Gasteiger partial charge in [0.2, 0.25) is 0 Å². The van der Waals surface area contributed by atoms with E-state index in [-0.39, 0.29) is 5.56 Å². The van der Waals surface area contributed by atoms with Crippen molar-refractivity contribution in [3.8, 4) is 6.07 Å². The fourth-order valence-corrected chi connectivity index (χ4v) is 0.990. The highest BCUT2D eigenvalue weighted by molar-refractivity contribution is 5.41. The number of alkyl halides is 3. The molecule has 0 unspecified atom stereocenters. The number of nitriles is 1. The highest BCUT2D eigenvalue weighted by atomic mass is 19.4. The summed E-state index contributed by atoms with van der Waals surface area (Å²) in [4.78, 5) is 0. The number of benzene rings is 1. The molecule has 94 valence electrons. The minimum atomic E-state index is -4.45. The summed E-state index contributed by atoms with van der Waals surface area (Å²) in [5.74, 6) is 0. The molecule has 0 heterocycles.